The molecular weight excluding hydrogens is 224 g/mol. The average Bonchev–Trinajstić information content (AvgIpc) is 2.45. The number of anilines is 3. The molecule has 1 aromatic heterocycles. The molecule has 2 rings (SSSR count). The van der Waals surface area contributed by atoms with Gasteiger partial charge in [-0.1, -0.05) is 25.1 Å². The quantitative estimate of drug-likeness (QED) is 0.874. The van der Waals surface area contributed by atoms with Crippen LogP contribution in [0.5, 0.6) is 0 Å². The van der Waals surface area contributed by atoms with Gasteiger partial charge in [0.15, 0.2) is 5.82 Å². The molecule has 94 valence electrons. The van der Waals surface area contributed by atoms with Crippen molar-refractivity contribution in [3.63, 3.8) is 0 Å². The van der Waals surface area contributed by atoms with E-state index in [-0.39, 0.29) is 0 Å². The minimum Gasteiger partial charge on any atom is -0.369 e. The van der Waals surface area contributed by atoms with Gasteiger partial charge in [0.05, 0.1) is 12.4 Å². The summed E-state index contributed by atoms with van der Waals surface area (Å²) in [7, 11) is 1.99. The van der Waals surface area contributed by atoms with E-state index in [9.17, 15) is 0 Å². The molecule has 0 aliphatic rings. The molecule has 1 heterocycles. The molecule has 0 aliphatic carbocycles. The lowest BCUT2D eigenvalue weighted by molar-refractivity contribution is 0.960. The van der Waals surface area contributed by atoms with Crippen LogP contribution in [0.25, 0.3) is 0 Å². The maximum absolute atomic E-state index is 4.54. The molecule has 0 bridgehead atoms. The molecule has 0 radical (unpaired) electrons. The van der Waals surface area contributed by atoms with Crippen molar-refractivity contribution < 1.29 is 0 Å². The van der Waals surface area contributed by atoms with Crippen LogP contribution in [0.15, 0.2) is 42.7 Å². The van der Waals surface area contributed by atoms with E-state index in [0.717, 1.165) is 30.3 Å². The lowest BCUT2D eigenvalue weighted by Gasteiger charge is -2.18. The third-order valence-electron chi connectivity index (χ3n) is 2.67. The van der Waals surface area contributed by atoms with E-state index in [1.165, 1.54) is 0 Å². The molecular formula is C14H18N4. The average molecular weight is 242 g/mol. The van der Waals surface area contributed by atoms with Crippen LogP contribution >= 0.6 is 0 Å². The Morgan fingerprint density at radius 2 is 1.94 bits per heavy atom. The van der Waals surface area contributed by atoms with Crippen LogP contribution in [0.2, 0.25) is 0 Å². The molecule has 1 N–H and O–H groups in total. The zero-order valence-electron chi connectivity index (χ0n) is 10.8. The van der Waals surface area contributed by atoms with E-state index < -0.39 is 0 Å². The predicted octanol–water partition coefficient (Wildman–Crippen LogP) is 3.07. The Kier molecular flexibility index (Phi) is 4.12. The molecule has 0 aliphatic heterocycles. The molecule has 0 saturated heterocycles. The Balaban J connectivity index is 2.17. The monoisotopic (exact) mass is 242 g/mol. The van der Waals surface area contributed by atoms with Gasteiger partial charge in [0.2, 0.25) is 0 Å². The van der Waals surface area contributed by atoms with Crippen molar-refractivity contribution >= 4 is 17.3 Å². The van der Waals surface area contributed by atoms with Gasteiger partial charge in [-0.25, -0.2) is 4.98 Å². The maximum atomic E-state index is 4.54. The van der Waals surface area contributed by atoms with Gasteiger partial charge in [-0.15, -0.1) is 0 Å². The second-order valence-corrected chi connectivity index (χ2v) is 4.08. The highest BCUT2D eigenvalue weighted by molar-refractivity contribution is 5.59. The van der Waals surface area contributed by atoms with E-state index in [1.54, 1.807) is 12.4 Å². The normalized spacial score (nSPS) is 10.1. The van der Waals surface area contributed by atoms with Gasteiger partial charge in [0, 0.05) is 19.3 Å². The summed E-state index contributed by atoms with van der Waals surface area (Å²) in [6, 6.07) is 10.1. The number of nitrogens with zero attached hydrogens (tertiary/aromatic N) is 3. The van der Waals surface area contributed by atoms with Crippen LogP contribution in [0.1, 0.15) is 13.3 Å². The van der Waals surface area contributed by atoms with Gasteiger partial charge in [-0.05, 0) is 18.6 Å². The third kappa shape index (κ3) is 2.97. The van der Waals surface area contributed by atoms with Gasteiger partial charge < -0.3 is 10.2 Å². The fourth-order valence-corrected chi connectivity index (χ4v) is 1.64. The second kappa shape index (κ2) is 6.00. The number of hydrogen-bond donors (Lipinski definition) is 1. The minimum atomic E-state index is 0.817. The van der Waals surface area contributed by atoms with Crippen molar-refractivity contribution in [2.75, 3.05) is 23.8 Å². The molecule has 0 spiro atoms. The first-order valence-electron chi connectivity index (χ1n) is 6.16. The van der Waals surface area contributed by atoms with Crippen LogP contribution in [0, 0.1) is 0 Å². The Labute approximate surface area is 108 Å². The molecule has 0 amide bonds. The molecule has 4 heteroatoms. The van der Waals surface area contributed by atoms with Crippen molar-refractivity contribution in [2.24, 2.45) is 0 Å². The lowest BCUT2D eigenvalue weighted by atomic mass is 10.3. The molecule has 0 fully saturated rings. The van der Waals surface area contributed by atoms with Crippen LogP contribution < -0.4 is 10.2 Å². The molecule has 4 nitrogen and oxygen atoms in total. The summed E-state index contributed by atoms with van der Waals surface area (Å²) in [6.45, 7) is 3.04. The van der Waals surface area contributed by atoms with Crippen LogP contribution in [-0.2, 0) is 0 Å². The van der Waals surface area contributed by atoms with Crippen molar-refractivity contribution in [1.29, 1.82) is 0 Å². The highest BCUT2D eigenvalue weighted by atomic mass is 15.2. The number of para-hydroxylation sites is 1. The zero-order valence-corrected chi connectivity index (χ0v) is 10.8. The number of aromatic nitrogens is 2. The Bertz CT molecular complexity index is 484. The molecule has 0 unspecified atom stereocenters. The first-order chi connectivity index (χ1) is 8.81. The maximum Gasteiger partial charge on any atom is 0.153 e. The predicted molar refractivity (Wildman–Crippen MR) is 75.3 cm³/mol. The highest BCUT2D eigenvalue weighted by Gasteiger charge is 2.05. The first kappa shape index (κ1) is 12.4. The van der Waals surface area contributed by atoms with Crippen LogP contribution in [0.4, 0.5) is 17.3 Å². The SMILES string of the molecule is CCCNc1cncc(N(C)c2ccccc2)n1. The van der Waals surface area contributed by atoms with E-state index in [2.05, 4.69) is 22.2 Å². The fraction of sp³-hybridized carbons (Fsp3) is 0.286. The summed E-state index contributed by atoms with van der Waals surface area (Å²) in [5, 5.41) is 3.24. The van der Waals surface area contributed by atoms with Gasteiger partial charge in [0.25, 0.3) is 0 Å². The van der Waals surface area contributed by atoms with Gasteiger partial charge in [0.1, 0.15) is 5.82 Å². The Hall–Kier alpha value is -2.10. The van der Waals surface area contributed by atoms with Gasteiger partial charge >= 0.3 is 0 Å². The Morgan fingerprint density at radius 1 is 1.17 bits per heavy atom. The largest absolute Gasteiger partial charge is 0.369 e. The van der Waals surface area contributed by atoms with Crippen molar-refractivity contribution in [3.8, 4) is 0 Å². The molecule has 18 heavy (non-hydrogen) atoms. The lowest BCUT2D eigenvalue weighted by Crippen LogP contribution is -2.13. The van der Waals surface area contributed by atoms with Gasteiger partial charge in [-0.2, -0.15) is 0 Å². The standard InChI is InChI=1S/C14H18N4/c1-3-9-16-13-10-15-11-14(17-13)18(2)12-7-5-4-6-8-12/h4-8,10-11H,3,9H2,1-2H3,(H,16,17). The highest BCUT2D eigenvalue weighted by Crippen LogP contribution is 2.21. The summed E-state index contributed by atoms with van der Waals surface area (Å²) >= 11 is 0. The van der Waals surface area contributed by atoms with E-state index in [0.29, 0.717) is 0 Å². The van der Waals surface area contributed by atoms with E-state index in [1.807, 2.05) is 42.3 Å². The molecule has 0 atom stereocenters. The Morgan fingerprint density at radius 3 is 2.67 bits per heavy atom. The number of rotatable bonds is 5. The molecule has 1 aromatic carbocycles. The van der Waals surface area contributed by atoms with Crippen LogP contribution in [-0.4, -0.2) is 23.6 Å². The molecule has 2 aromatic rings. The van der Waals surface area contributed by atoms with Gasteiger partial charge in [-0.3, -0.25) is 4.98 Å². The van der Waals surface area contributed by atoms with E-state index >= 15 is 0 Å². The number of hydrogen-bond acceptors (Lipinski definition) is 4. The fourth-order valence-electron chi connectivity index (χ4n) is 1.64. The summed E-state index contributed by atoms with van der Waals surface area (Å²) in [4.78, 5) is 10.8. The number of benzene rings is 1. The van der Waals surface area contributed by atoms with E-state index in [4.69, 9.17) is 0 Å². The topological polar surface area (TPSA) is 41.1 Å². The minimum absolute atomic E-state index is 0.817. The second-order valence-electron chi connectivity index (χ2n) is 4.08. The first-order valence-corrected chi connectivity index (χ1v) is 6.16. The summed E-state index contributed by atoms with van der Waals surface area (Å²) in [6.07, 6.45) is 4.59. The van der Waals surface area contributed by atoms with Crippen LogP contribution in [0.3, 0.4) is 0 Å². The third-order valence-corrected chi connectivity index (χ3v) is 2.67. The van der Waals surface area contributed by atoms with Crippen molar-refractivity contribution in [1.82, 2.24) is 9.97 Å². The number of nitrogens with one attached hydrogen (secondary N) is 1. The smallest absolute Gasteiger partial charge is 0.153 e. The summed E-state index contributed by atoms with van der Waals surface area (Å²) < 4.78 is 0. The zero-order chi connectivity index (χ0) is 12.8. The summed E-state index contributed by atoms with van der Waals surface area (Å²) in [5.41, 5.74) is 1.10. The summed E-state index contributed by atoms with van der Waals surface area (Å²) in [5.74, 6) is 1.65. The molecule has 0 saturated carbocycles. The van der Waals surface area contributed by atoms with Crippen molar-refractivity contribution in [3.05, 3.63) is 42.7 Å². The van der Waals surface area contributed by atoms with Crippen molar-refractivity contribution in [2.45, 2.75) is 13.3 Å².